The number of fused-ring (bicyclic) bond motifs is 1. The van der Waals surface area contributed by atoms with E-state index in [-0.39, 0.29) is 5.37 Å². The van der Waals surface area contributed by atoms with Gasteiger partial charge in [-0.15, -0.1) is 11.8 Å². The normalized spacial score (nSPS) is 19.7. The summed E-state index contributed by atoms with van der Waals surface area (Å²) < 4.78 is 29.0. The summed E-state index contributed by atoms with van der Waals surface area (Å²) in [7, 11) is -0.340. The monoisotopic (exact) mass is 359 g/mol. The summed E-state index contributed by atoms with van der Waals surface area (Å²) in [6.07, 6.45) is 2.66. The van der Waals surface area contributed by atoms with Crippen molar-refractivity contribution in [2.75, 3.05) is 18.6 Å². The molecule has 126 valence electrons. The maximum atomic E-state index is 12.4. The Labute approximate surface area is 136 Å². The van der Waals surface area contributed by atoms with E-state index in [0.717, 1.165) is 4.57 Å². The molecule has 11 heteroatoms. The molecule has 1 atom stereocenters. The Balaban J connectivity index is 2.09. The summed E-state index contributed by atoms with van der Waals surface area (Å²) in [5.74, 6) is 0.709. The van der Waals surface area contributed by atoms with Gasteiger partial charge in [0.2, 0.25) is 10.0 Å². The zero-order valence-corrected chi connectivity index (χ0v) is 14.6. The first-order chi connectivity index (χ1) is 10.7. The Bertz CT molecular complexity index is 987. The second-order valence-electron chi connectivity index (χ2n) is 5.47. The van der Waals surface area contributed by atoms with Gasteiger partial charge in [-0.3, -0.25) is 13.9 Å². The van der Waals surface area contributed by atoms with E-state index < -0.39 is 21.3 Å². The molecule has 1 aliphatic rings. The van der Waals surface area contributed by atoms with Gasteiger partial charge in [0.05, 0.1) is 24.5 Å². The summed E-state index contributed by atoms with van der Waals surface area (Å²) in [5, 5.41) is -0.288. The molecule has 0 amide bonds. The van der Waals surface area contributed by atoms with Crippen LogP contribution in [-0.2, 0) is 30.7 Å². The zero-order valence-electron chi connectivity index (χ0n) is 13.0. The number of aryl methyl sites for hydroxylation is 1. The van der Waals surface area contributed by atoms with Gasteiger partial charge in [0.1, 0.15) is 0 Å². The van der Waals surface area contributed by atoms with Crippen LogP contribution in [0.5, 0.6) is 0 Å². The van der Waals surface area contributed by atoms with Crippen molar-refractivity contribution >= 4 is 32.9 Å². The van der Waals surface area contributed by atoms with Crippen LogP contribution >= 0.6 is 11.8 Å². The minimum Gasteiger partial charge on any atom is -0.322 e. The lowest BCUT2D eigenvalue weighted by Crippen LogP contribution is -2.39. The van der Waals surface area contributed by atoms with Crippen molar-refractivity contribution in [3.63, 3.8) is 0 Å². The third kappa shape index (κ3) is 2.62. The van der Waals surface area contributed by atoms with Crippen LogP contribution in [0.2, 0.25) is 0 Å². The summed E-state index contributed by atoms with van der Waals surface area (Å²) in [5.41, 5.74) is -0.280. The molecular weight excluding hydrogens is 342 g/mol. The Kier molecular flexibility index (Phi) is 3.89. The average Bonchev–Trinajstić information content (AvgIpc) is 3.10. The number of rotatable bonds is 3. The van der Waals surface area contributed by atoms with Crippen LogP contribution in [0.25, 0.3) is 11.2 Å². The molecule has 0 bridgehead atoms. The first-order valence-electron chi connectivity index (χ1n) is 6.91. The van der Waals surface area contributed by atoms with Crippen molar-refractivity contribution in [1.82, 2.24) is 23.0 Å². The molecule has 1 saturated heterocycles. The predicted molar refractivity (Wildman–Crippen MR) is 88.0 cm³/mol. The third-order valence-electron chi connectivity index (χ3n) is 3.94. The van der Waals surface area contributed by atoms with Crippen molar-refractivity contribution in [2.24, 2.45) is 14.1 Å². The van der Waals surface area contributed by atoms with Crippen molar-refractivity contribution in [3.05, 3.63) is 27.2 Å². The highest BCUT2D eigenvalue weighted by molar-refractivity contribution is 8.01. The summed E-state index contributed by atoms with van der Waals surface area (Å²) in [6.45, 7) is 0.763. The predicted octanol–water partition coefficient (Wildman–Crippen LogP) is -1.23. The molecule has 2 aromatic heterocycles. The minimum atomic E-state index is -3.30. The van der Waals surface area contributed by atoms with E-state index in [9.17, 15) is 18.0 Å². The van der Waals surface area contributed by atoms with Crippen molar-refractivity contribution in [2.45, 2.75) is 11.9 Å². The SMILES string of the molecule is Cn1c(=O)c2c(ncn2CC2SCCN2S(C)(=O)=O)n(C)c1=O. The molecule has 9 nitrogen and oxygen atoms in total. The molecule has 1 unspecified atom stereocenters. The van der Waals surface area contributed by atoms with Crippen molar-refractivity contribution in [3.8, 4) is 0 Å². The molecule has 0 spiro atoms. The van der Waals surface area contributed by atoms with Gasteiger partial charge in [-0.05, 0) is 0 Å². The van der Waals surface area contributed by atoms with E-state index >= 15 is 0 Å². The lowest BCUT2D eigenvalue weighted by atomic mass is 10.4. The molecule has 3 heterocycles. The molecule has 3 rings (SSSR count). The van der Waals surface area contributed by atoms with Crippen LogP contribution in [0.4, 0.5) is 0 Å². The summed E-state index contributed by atoms with van der Waals surface area (Å²) in [4.78, 5) is 28.5. The zero-order chi connectivity index (χ0) is 16.9. The van der Waals surface area contributed by atoms with E-state index in [4.69, 9.17) is 0 Å². The fourth-order valence-corrected chi connectivity index (χ4v) is 5.53. The van der Waals surface area contributed by atoms with Gasteiger partial charge in [-0.25, -0.2) is 18.2 Å². The highest BCUT2D eigenvalue weighted by Crippen LogP contribution is 2.27. The number of thioether (sulfide) groups is 1. The number of hydrogen-bond acceptors (Lipinski definition) is 6. The smallest absolute Gasteiger partial charge is 0.322 e. The van der Waals surface area contributed by atoms with Crippen LogP contribution in [0, 0.1) is 0 Å². The largest absolute Gasteiger partial charge is 0.332 e. The van der Waals surface area contributed by atoms with E-state index in [0.29, 0.717) is 30.0 Å². The number of aromatic nitrogens is 4. The van der Waals surface area contributed by atoms with Gasteiger partial charge in [0.15, 0.2) is 11.2 Å². The van der Waals surface area contributed by atoms with Crippen LogP contribution in [0.1, 0.15) is 0 Å². The van der Waals surface area contributed by atoms with Gasteiger partial charge < -0.3 is 4.57 Å². The van der Waals surface area contributed by atoms with Gasteiger partial charge in [0.25, 0.3) is 5.56 Å². The van der Waals surface area contributed by atoms with Crippen LogP contribution < -0.4 is 11.2 Å². The molecular formula is C12H17N5O4S2. The molecule has 0 aliphatic carbocycles. The number of imidazole rings is 1. The van der Waals surface area contributed by atoms with Crippen LogP contribution in [0.3, 0.4) is 0 Å². The molecule has 0 saturated carbocycles. The van der Waals surface area contributed by atoms with Crippen LogP contribution in [0.15, 0.2) is 15.9 Å². The average molecular weight is 359 g/mol. The van der Waals surface area contributed by atoms with E-state index in [1.165, 1.54) is 40.3 Å². The standard InChI is InChI=1S/C12H17N5O4S2/c1-14-10-9(11(18)15(2)12(14)19)16(7-13-10)6-8-17(4-5-22-8)23(3,20)21/h7-8H,4-6H2,1-3H3. The number of nitrogens with zero attached hydrogens (tertiary/aromatic N) is 5. The Morgan fingerprint density at radius 3 is 2.65 bits per heavy atom. The fraction of sp³-hybridized carbons (Fsp3) is 0.583. The molecule has 0 aromatic carbocycles. The molecule has 1 fully saturated rings. The number of sulfonamides is 1. The van der Waals surface area contributed by atoms with Crippen molar-refractivity contribution in [1.29, 1.82) is 0 Å². The summed E-state index contributed by atoms with van der Waals surface area (Å²) in [6, 6.07) is 0. The van der Waals surface area contributed by atoms with E-state index in [1.54, 1.807) is 11.6 Å². The fourth-order valence-electron chi connectivity index (χ4n) is 2.73. The van der Waals surface area contributed by atoms with Gasteiger partial charge >= 0.3 is 5.69 Å². The van der Waals surface area contributed by atoms with Crippen LogP contribution in [-0.4, -0.2) is 55.3 Å². The van der Waals surface area contributed by atoms with Gasteiger partial charge in [0, 0.05) is 26.4 Å². The molecule has 0 N–H and O–H groups in total. The van der Waals surface area contributed by atoms with E-state index in [1.807, 2.05) is 0 Å². The second kappa shape index (κ2) is 5.49. The lowest BCUT2D eigenvalue weighted by molar-refractivity contribution is 0.404. The van der Waals surface area contributed by atoms with E-state index in [2.05, 4.69) is 4.98 Å². The molecule has 23 heavy (non-hydrogen) atoms. The molecule has 2 aromatic rings. The highest BCUT2D eigenvalue weighted by Gasteiger charge is 2.32. The molecule has 0 radical (unpaired) electrons. The third-order valence-corrected chi connectivity index (χ3v) is 6.57. The number of hydrogen-bond donors (Lipinski definition) is 0. The second-order valence-corrected chi connectivity index (χ2v) is 8.69. The van der Waals surface area contributed by atoms with Gasteiger partial charge in [-0.2, -0.15) is 4.31 Å². The maximum absolute atomic E-state index is 12.4. The van der Waals surface area contributed by atoms with Gasteiger partial charge in [-0.1, -0.05) is 0 Å². The molecule has 1 aliphatic heterocycles. The Hall–Kier alpha value is -1.59. The summed E-state index contributed by atoms with van der Waals surface area (Å²) >= 11 is 1.52. The van der Waals surface area contributed by atoms with Crippen molar-refractivity contribution < 1.29 is 8.42 Å². The minimum absolute atomic E-state index is 0.288. The quantitative estimate of drug-likeness (QED) is 0.680. The first kappa shape index (κ1) is 16.3. The highest BCUT2D eigenvalue weighted by atomic mass is 32.2. The first-order valence-corrected chi connectivity index (χ1v) is 9.81. The topological polar surface area (TPSA) is 99.2 Å². The lowest BCUT2D eigenvalue weighted by Gasteiger charge is -2.21. The Morgan fingerprint density at radius 1 is 1.30 bits per heavy atom. The Morgan fingerprint density at radius 2 is 2.00 bits per heavy atom. The maximum Gasteiger partial charge on any atom is 0.332 e.